The van der Waals surface area contributed by atoms with Gasteiger partial charge in [-0.15, -0.1) is 10.2 Å². The molecule has 0 aliphatic carbocycles. The second-order valence-corrected chi connectivity index (χ2v) is 2.81. The second kappa shape index (κ2) is 2.63. The summed E-state index contributed by atoms with van der Waals surface area (Å²) in [5.41, 5.74) is 3.27. The number of rotatable bonds is 1. The lowest BCUT2D eigenvalue weighted by Gasteiger charge is -1.95. The van der Waals surface area contributed by atoms with Gasteiger partial charge in [-0.05, 0) is 6.07 Å². The Kier molecular flexibility index (Phi) is 1.35. The SMILES string of the molecule is [c]1nn[nH]c1-c1cccc2[nH]nnc12. The smallest absolute Gasteiger partial charge is 0.143 e. The molecule has 6 nitrogen and oxygen atoms in total. The summed E-state index contributed by atoms with van der Waals surface area (Å²) in [4.78, 5) is 0. The molecule has 0 atom stereocenters. The topological polar surface area (TPSA) is 83.1 Å². The van der Waals surface area contributed by atoms with Gasteiger partial charge in [-0.25, -0.2) is 0 Å². The lowest BCUT2D eigenvalue weighted by atomic mass is 10.1. The average Bonchev–Trinajstić information content (AvgIpc) is 2.88. The van der Waals surface area contributed by atoms with Crippen LogP contribution >= 0.6 is 0 Å². The van der Waals surface area contributed by atoms with Crippen LogP contribution in [0.2, 0.25) is 0 Å². The minimum Gasteiger partial charge on any atom is -0.258 e. The van der Waals surface area contributed by atoms with Crippen LogP contribution in [0.1, 0.15) is 0 Å². The summed E-state index contributed by atoms with van der Waals surface area (Å²) in [6, 6.07) is 5.73. The highest BCUT2D eigenvalue weighted by Gasteiger charge is 2.07. The molecule has 0 fully saturated rings. The van der Waals surface area contributed by atoms with Gasteiger partial charge in [-0.3, -0.25) is 10.2 Å². The number of hydrogen-bond acceptors (Lipinski definition) is 4. The lowest BCUT2D eigenvalue weighted by molar-refractivity contribution is 0.939. The molecule has 1 aromatic carbocycles. The van der Waals surface area contributed by atoms with E-state index in [4.69, 9.17) is 0 Å². The molecule has 6 heteroatoms. The van der Waals surface area contributed by atoms with Gasteiger partial charge in [0.2, 0.25) is 0 Å². The van der Waals surface area contributed by atoms with Gasteiger partial charge < -0.3 is 0 Å². The highest BCUT2D eigenvalue weighted by Crippen LogP contribution is 2.22. The van der Waals surface area contributed by atoms with Gasteiger partial charge in [-0.2, -0.15) is 0 Å². The highest BCUT2D eigenvalue weighted by molar-refractivity contribution is 5.89. The van der Waals surface area contributed by atoms with Crippen molar-refractivity contribution in [3.8, 4) is 11.3 Å². The van der Waals surface area contributed by atoms with Crippen molar-refractivity contribution in [2.24, 2.45) is 0 Å². The van der Waals surface area contributed by atoms with Gasteiger partial charge in [0.25, 0.3) is 0 Å². The molecule has 14 heavy (non-hydrogen) atoms. The van der Waals surface area contributed by atoms with Gasteiger partial charge in [-0.1, -0.05) is 22.6 Å². The zero-order valence-corrected chi connectivity index (χ0v) is 7.02. The first-order chi connectivity index (χ1) is 6.95. The molecule has 2 aromatic heterocycles. The van der Waals surface area contributed by atoms with Gasteiger partial charge >= 0.3 is 0 Å². The van der Waals surface area contributed by atoms with E-state index in [9.17, 15) is 0 Å². The van der Waals surface area contributed by atoms with Crippen molar-refractivity contribution in [2.45, 2.75) is 0 Å². The maximum atomic E-state index is 3.97. The van der Waals surface area contributed by atoms with E-state index in [1.807, 2.05) is 18.2 Å². The zero-order valence-electron chi connectivity index (χ0n) is 7.02. The zero-order chi connectivity index (χ0) is 9.38. The lowest BCUT2D eigenvalue weighted by Crippen LogP contribution is -1.80. The number of aromatic nitrogens is 6. The van der Waals surface area contributed by atoms with Crippen LogP contribution in [0.25, 0.3) is 22.3 Å². The number of fused-ring (bicyclic) bond motifs is 1. The first-order valence-electron chi connectivity index (χ1n) is 4.04. The quantitative estimate of drug-likeness (QED) is 0.579. The van der Waals surface area contributed by atoms with Crippen molar-refractivity contribution >= 4 is 11.0 Å². The maximum absolute atomic E-state index is 3.97. The van der Waals surface area contributed by atoms with Crippen LogP contribution in [0.4, 0.5) is 0 Å². The Morgan fingerprint density at radius 3 is 3.00 bits per heavy atom. The Labute approximate surface area is 78.3 Å². The number of benzene rings is 1. The average molecular weight is 185 g/mol. The predicted molar refractivity (Wildman–Crippen MR) is 48.1 cm³/mol. The Morgan fingerprint density at radius 1 is 1.14 bits per heavy atom. The van der Waals surface area contributed by atoms with Gasteiger partial charge in [0.1, 0.15) is 11.7 Å². The van der Waals surface area contributed by atoms with Crippen molar-refractivity contribution < 1.29 is 0 Å². The van der Waals surface area contributed by atoms with Crippen molar-refractivity contribution in [1.29, 1.82) is 0 Å². The molecule has 0 saturated heterocycles. The number of aromatic amines is 2. The Morgan fingerprint density at radius 2 is 2.14 bits per heavy atom. The summed E-state index contributed by atoms with van der Waals surface area (Å²) in [7, 11) is 0. The number of H-pyrrole nitrogens is 2. The molecule has 0 amide bonds. The fraction of sp³-hybridized carbons (Fsp3) is 0. The van der Waals surface area contributed by atoms with Crippen LogP contribution in [0.15, 0.2) is 18.2 Å². The van der Waals surface area contributed by atoms with Gasteiger partial charge in [0, 0.05) is 5.56 Å². The summed E-state index contributed by atoms with van der Waals surface area (Å²) in [6.45, 7) is 0. The molecule has 3 rings (SSSR count). The van der Waals surface area contributed by atoms with Gasteiger partial charge in [0.15, 0.2) is 0 Å². The Balaban J connectivity index is 2.36. The van der Waals surface area contributed by atoms with Crippen molar-refractivity contribution in [2.75, 3.05) is 0 Å². The van der Waals surface area contributed by atoms with E-state index in [2.05, 4.69) is 37.0 Å². The minimum absolute atomic E-state index is 0.713. The minimum atomic E-state index is 0.713. The van der Waals surface area contributed by atoms with Crippen molar-refractivity contribution in [1.82, 2.24) is 30.8 Å². The monoisotopic (exact) mass is 185 g/mol. The van der Waals surface area contributed by atoms with E-state index >= 15 is 0 Å². The third-order valence-electron chi connectivity index (χ3n) is 2.00. The predicted octanol–water partition coefficient (Wildman–Crippen LogP) is 0.543. The summed E-state index contributed by atoms with van der Waals surface area (Å²) in [5, 5.41) is 20.4. The molecule has 0 aliphatic rings. The van der Waals surface area contributed by atoms with Crippen LogP contribution in [0, 0.1) is 6.20 Å². The van der Waals surface area contributed by atoms with Gasteiger partial charge in [0.05, 0.1) is 11.2 Å². The molecular formula is C8H5N6. The third kappa shape index (κ3) is 0.905. The number of hydrogen-bond donors (Lipinski definition) is 2. The van der Waals surface area contributed by atoms with Crippen LogP contribution < -0.4 is 0 Å². The molecule has 0 bridgehead atoms. The number of nitrogens with one attached hydrogen (secondary N) is 2. The van der Waals surface area contributed by atoms with Crippen LogP contribution in [0.5, 0.6) is 0 Å². The molecule has 67 valence electrons. The Hall–Kier alpha value is -2.24. The highest BCUT2D eigenvalue weighted by atomic mass is 15.3. The standard InChI is InChI=1S/C8H5N6/c1-2-5(7-4-9-13-11-7)8-6(3-1)10-14-12-8/h1-3H,(H,9,11,13)(H,10,12,14). The molecule has 0 aliphatic heterocycles. The molecule has 0 spiro atoms. The first kappa shape index (κ1) is 7.19. The van der Waals surface area contributed by atoms with E-state index in [-0.39, 0.29) is 0 Å². The molecular weight excluding hydrogens is 180 g/mol. The van der Waals surface area contributed by atoms with E-state index in [1.54, 1.807) is 0 Å². The molecule has 0 unspecified atom stereocenters. The molecule has 1 radical (unpaired) electrons. The number of nitrogens with zero attached hydrogens (tertiary/aromatic N) is 4. The maximum Gasteiger partial charge on any atom is 0.143 e. The van der Waals surface area contributed by atoms with Crippen molar-refractivity contribution in [3.63, 3.8) is 0 Å². The third-order valence-corrected chi connectivity index (χ3v) is 2.00. The van der Waals surface area contributed by atoms with Crippen LogP contribution in [0.3, 0.4) is 0 Å². The summed E-state index contributed by atoms with van der Waals surface area (Å²) in [6.07, 6.45) is 2.74. The van der Waals surface area contributed by atoms with E-state index in [1.165, 1.54) is 0 Å². The van der Waals surface area contributed by atoms with Crippen LogP contribution in [-0.4, -0.2) is 30.8 Å². The Bertz CT molecular complexity index is 552. The largest absolute Gasteiger partial charge is 0.258 e. The second-order valence-electron chi connectivity index (χ2n) is 2.81. The summed E-state index contributed by atoms with van der Waals surface area (Å²) in [5.74, 6) is 0. The van der Waals surface area contributed by atoms with E-state index in [0.717, 1.165) is 16.6 Å². The van der Waals surface area contributed by atoms with E-state index in [0.29, 0.717) is 5.69 Å². The van der Waals surface area contributed by atoms with Crippen molar-refractivity contribution in [3.05, 3.63) is 24.4 Å². The van der Waals surface area contributed by atoms with E-state index < -0.39 is 0 Å². The fourth-order valence-corrected chi connectivity index (χ4v) is 1.37. The van der Waals surface area contributed by atoms with Crippen LogP contribution in [-0.2, 0) is 0 Å². The molecule has 0 saturated carbocycles. The normalized spacial score (nSPS) is 10.9. The first-order valence-corrected chi connectivity index (χ1v) is 4.04. The molecule has 2 N–H and O–H groups in total. The molecule has 2 heterocycles. The molecule has 3 aromatic rings. The summed E-state index contributed by atoms with van der Waals surface area (Å²) >= 11 is 0. The summed E-state index contributed by atoms with van der Waals surface area (Å²) < 4.78 is 0. The fourth-order valence-electron chi connectivity index (χ4n) is 1.37.